The van der Waals surface area contributed by atoms with Crippen LogP contribution >= 0.6 is 12.6 Å². The number of imidazole rings is 1. The Labute approximate surface area is 85.2 Å². The third kappa shape index (κ3) is 3.40. The predicted molar refractivity (Wildman–Crippen MR) is 58.0 cm³/mol. The van der Waals surface area contributed by atoms with E-state index in [2.05, 4.69) is 34.1 Å². The summed E-state index contributed by atoms with van der Waals surface area (Å²) in [4.78, 5) is 6.53. The van der Waals surface area contributed by atoms with Gasteiger partial charge < -0.3 is 4.57 Å². The van der Waals surface area contributed by atoms with Gasteiger partial charge in [0, 0.05) is 19.4 Å². The fraction of sp³-hybridized carbons (Fsp3) is 0.667. The first-order valence-electron chi connectivity index (χ1n) is 4.49. The lowest BCUT2D eigenvalue weighted by molar-refractivity contribution is 0.316. The lowest BCUT2D eigenvalue weighted by Gasteiger charge is -2.15. The molecule has 0 bridgehead atoms. The summed E-state index contributed by atoms with van der Waals surface area (Å²) in [5, 5.41) is 0. The van der Waals surface area contributed by atoms with Crippen LogP contribution < -0.4 is 0 Å². The molecule has 0 atom stereocenters. The van der Waals surface area contributed by atoms with Crippen molar-refractivity contribution < 1.29 is 0 Å². The Morgan fingerprint density at radius 1 is 1.62 bits per heavy atom. The zero-order chi connectivity index (χ0) is 9.68. The third-order valence-corrected chi connectivity index (χ3v) is 2.35. The second-order valence-electron chi connectivity index (χ2n) is 3.27. The average Bonchev–Trinajstić information content (AvgIpc) is 2.48. The Bertz CT molecular complexity index is 247. The first-order chi connectivity index (χ1) is 6.24. The van der Waals surface area contributed by atoms with Crippen LogP contribution in [0.2, 0.25) is 0 Å². The predicted octanol–water partition coefficient (Wildman–Crippen LogP) is 1.17. The van der Waals surface area contributed by atoms with E-state index in [1.807, 2.05) is 19.4 Å². The van der Waals surface area contributed by atoms with Gasteiger partial charge in [-0.2, -0.15) is 12.6 Å². The molecule has 0 saturated carbocycles. The molecule has 4 heteroatoms. The summed E-state index contributed by atoms with van der Waals surface area (Å²) in [6, 6.07) is 0. The van der Waals surface area contributed by atoms with E-state index < -0.39 is 0 Å². The molecule has 0 spiro atoms. The second kappa shape index (κ2) is 5.29. The van der Waals surface area contributed by atoms with Gasteiger partial charge in [0.1, 0.15) is 5.82 Å². The molecular weight excluding hydrogens is 182 g/mol. The van der Waals surface area contributed by atoms with Crippen LogP contribution in [0, 0.1) is 0 Å². The summed E-state index contributed by atoms with van der Waals surface area (Å²) in [6.45, 7) is 1.99. The molecule has 0 aromatic carbocycles. The zero-order valence-corrected chi connectivity index (χ0v) is 9.17. The smallest absolute Gasteiger partial charge is 0.122 e. The molecule has 0 aliphatic heterocycles. The summed E-state index contributed by atoms with van der Waals surface area (Å²) >= 11 is 4.18. The van der Waals surface area contributed by atoms with Crippen molar-refractivity contribution in [2.45, 2.75) is 13.0 Å². The quantitative estimate of drug-likeness (QED) is 0.719. The number of aryl methyl sites for hydroxylation is 1. The average molecular weight is 199 g/mol. The van der Waals surface area contributed by atoms with E-state index in [1.165, 1.54) is 0 Å². The molecule has 0 N–H and O–H groups in total. The van der Waals surface area contributed by atoms with Gasteiger partial charge in [-0.3, -0.25) is 4.90 Å². The van der Waals surface area contributed by atoms with Crippen LogP contribution in [-0.4, -0.2) is 33.8 Å². The van der Waals surface area contributed by atoms with Gasteiger partial charge >= 0.3 is 0 Å². The van der Waals surface area contributed by atoms with Gasteiger partial charge in [0.05, 0.1) is 6.54 Å². The molecule has 0 aliphatic carbocycles. The van der Waals surface area contributed by atoms with Crippen LogP contribution in [0.25, 0.3) is 0 Å². The van der Waals surface area contributed by atoms with E-state index in [0.717, 1.165) is 31.1 Å². The maximum absolute atomic E-state index is 4.27. The molecule has 1 aromatic heterocycles. The first-order valence-corrected chi connectivity index (χ1v) is 5.13. The topological polar surface area (TPSA) is 21.1 Å². The van der Waals surface area contributed by atoms with E-state index in [1.54, 1.807) is 0 Å². The Hall–Kier alpha value is -0.480. The Kier molecular flexibility index (Phi) is 4.32. The van der Waals surface area contributed by atoms with Crippen molar-refractivity contribution in [3.8, 4) is 0 Å². The van der Waals surface area contributed by atoms with Crippen LogP contribution in [0.4, 0.5) is 0 Å². The summed E-state index contributed by atoms with van der Waals surface area (Å²) in [5.74, 6) is 2.06. The van der Waals surface area contributed by atoms with Crippen molar-refractivity contribution in [1.29, 1.82) is 0 Å². The lowest BCUT2D eigenvalue weighted by Crippen LogP contribution is -2.21. The first kappa shape index (κ1) is 10.6. The fourth-order valence-corrected chi connectivity index (χ4v) is 1.35. The molecule has 0 fully saturated rings. The fourth-order valence-electron chi connectivity index (χ4n) is 1.21. The highest BCUT2D eigenvalue weighted by Crippen LogP contribution is 2.00. The molecule has 0 aliphatic rings. The maximum Gasteiger partial charge on any atom is 0.122 e. The highest BCUT2D eigenvalue weighted by Gasteiger charge is 2.02. The van der Waals surface area contributed by atoms with Crippen LogP contribution in [0.3, 0.4) is 0 Å². The normalized spacial score (nSPS) is 11.1. The molecule has 1 aromatic rings. The van der Waals surface area contributed by atoms with Gasteiger partial charge in [0.15, 0.2) is 0 Å². The minimum atomic E-state index is 0.914. The van der Waals surface area contributed by atoms with E-state index in [-0.39, 0.29) is 0 Å². The zero-order valence-electron chi connectivity index (χ0n) is 8.27. The van der Waals surface area contributed by atoms with Crippen LogP contribution in [-0.2, 0) is 13.6 Å². The number of thiol groups is 1. The molecular formula is C9H17N3S. The minimum Gasteiger partial charge on any atom is -0.337 e. The molecule has 1 heterocycles. The van der Waals surface area contributed by atoms with Crippen molar-refractivity contribution in [2.75, 3.05) is 19.3 Å². The van der Waals surface area contributed by atoms with Crippen molar-refractivity contribution in [3.63, 3.8) is 0 Å². The summed E-state index contributed by atoms with van der Waals surface area (Å²) in [6.07, 6.45) is 4.94. The molecule has 74 valence electrons. The van der Waals surface area contributed by atoms with Gasteiger partial charge in [-0.25, -0.2) is 4.98 Å². The Morgan fingerprint density at radius 2 is 2.38 bits per heavy atom. The summed E-state index contributed by atoms with van der Waals surface area (Å²) in [5.41, 5.74) is 0. The second-order valence-corrected chi connectivity index (χ2v) is 3.72. The SMILES string of the molecule is CN(CCCS)Cc1nccn1C. The van der Waals surface area contributed by atoms with Gasteiger partial charge in [0.2, 0.25) is 0 Å². The third-order valence-electron chi connectivity index (χ3n) is 2.03. The van der Waals surface area contributed by atoms with Crippen LogP contribution in [0.5, 0.6) is 0 Å². The summed E-state index contributed by atoms with van der Waals surface area (Å²) in [7, 11) is 4.13. The number of hydrogen-bond donors (Lipinski definition) is 1. The minimum absolute atomic E-state index is 0.914. The Morgan fingerprint density at radius 3 is 2.92 bits per heavy atom. The summed E-state index contributed by atoms with van der Waals surface area (Å²) < 4.78 is 2.05. The van der Waals surface area contributed by atoms with Crippen molar-refractivity contribution in [1.82, 2.24) is 14.5 Å². The number of aromatic nitrogens is 2. The van der Waals surface area contributed by atoms with Crippen molar-refractivity contribution >= 4 is 12.6 Å². The molecule has 0 unspecified atom stereocenters. The molecule has 1 rings (SSSR count). The highest BCUT2D eigenvalue weighted by molar-refractivity contribution is 7.80. The largest absolute Gasteiger partial charge is 0.337 e. The lowest BCUT2D eigenvalue weighted by atomic mass is 10.4. The molecule has 13 heavy (non-hydrogen) atoms. The molecule has 3 nitrogen and oxygen atoms in total. The van der Waals surface area contributed by atoms with Gasteiger partial charge in [-0.15, -0.1) is 0 Å². The Balaban J connectivity index is 2.36. The molecule has 0 radical (unpaired) electrons. The molecule has 0 amide bonds. The maximum atomic E-state index is 4.27. The number of rotatable bonds is 5. The molecule has 0 saturated heterocycles. The highest BCUT2D eigenvalue weighted by atomic mass is 32.1. The van der Waals surface area contributed by atoms with E-state index >= 15 is 0 Å². The van der Waals surface area contributed by atoms with E-state index in [0.29, 0.717) is 0 Å². The van der Waals surface area contributed by atoms with Crippen LogP contribution in [0.15, 0.2) is 12.4 Å². The van der Waals surface area contributed by atoms with Crippen LogP contribution in [0.1, 0.15) is 12.2 Å². The van der Waals surface area contributed by atoms with Crippen molar-refractivity contribution in [3.05, 3.63) is 18.2 Å². The number of hydrogen-bond acceptors (Lipinski definition) is 3. The van der Waals surface area contributed by atoms with E-state index in [9.17, 15) is 0 Å². The standard InChI is InChI=1S/C9H17N3S/c1-11(5-3-7-13)8-9-10-4-6-12(9)2/h4,6,13H,3,5,7-8H2,1-2H3. The van der Waals surface area contributed by atoms with Gasteiger partial charge in [0.25, 0.3) is 0 Å². The van der Waals surface area contributed by atoms with E-state index in [4.69, 9.17) is 0 Å². The van der Waals surface area contributed by atoms with Gasteiger partial charge in [-0.1, -0.05) is 0 Å². The monoisotopic (exact) mass is 199 g/mol. The van der Waals surface area contributed by atoms with Gasteiger partial charge in [-0.05, 0) is 25.8 Å². The van der Waals surface area contributed by atoms with Crippen molar-refractivity contribution in [2.24, 2.45) is 7.05 Å². The number of nitrogens with zero attached hydrogens (tertiary/aromatic N) is 3.